The number of rotatable bonds is 6. The van der Waals surface area contributed by atoms with E-state index in [2.05, 4.69) is 20.7 Å². The molecule has 0 saturated heterocycles. The van der Waals surface area contributed by atoms with Crippen LogP contribution in [0.5, 0.6) is 5.75 Å². The highest BCUT2D eigenvalue weighted by molar-refractivity contribution is 6.04. The first-order valence-corrected chi connectivity index (χ1v) is 11.7. The highest BCUT2D eigenvalue weighted by atomic mass is 19.1. The minimum absolute atomic E-state index is 0.0204. The molecule has 0 spiro atoms. The van der Waals surface area contributed by atoms with Gasteiger partial charge in [-0.1, -0.05) is 24.6 Å². The van der Waals surface area contributed by atoms with Crippen LogP contribution in [0.1, 0.15) is 46.8 Å². The Labute approximate surface area is 206 Å². The molecule has 0 aliphatic heterocycles. The lowest BCUT2D eigenvalue weighted by atomic mass is 9.82. The van der Waals surface area contributed by atoms with Crippen molar-refractivity contribution in [1.82, 2.24) is 20.1 Å². The molecule has 0 radical (unpaired) electrons. The zero-order chi connectivity index (χ0) is 25.1. The molecule has 36 heavy (non-hydrogen) atoms. The van der Waals surface area contributed by atoms with E-state index in [1.54, 1.807) is 48.5 Å². The summed E-state index contributed by atoms with van der Waals surface area (Å²) in [6.45, 7) is 0.0204. The van der Waals surface area contributed by atoms with Crippen molar-refractivity contribution in [3.63, 3.8) is 0 Å². The van der Waals surface area contributed by atoms with Crippen molar-refractivity contribution < 1.29 is 19.1 Å². The number of carbonyl (C=O) groups is 2. The summed E-state index contributed by atoms with van der Waals surface area (Å²) in [7, 11) is 0. The Bertz CT molecular complexity index is 1420. The largest absolute Gasteiger partial charge is 0.507 e. The maximum Gasteiger partial charge on any atom is 0.342 e. The monoisotopic (exact) mass is 485 g/mol. The van der Waals surface area contributed by atoms with Gasteiger partial charge in [-0.2, -0.15) is 9.78 Å². The number of phenols is 1. The van der Waals surface area contributed by atoms with Gasteiger partial charge in [0.15, 0.2) is 0 Å². The lowest BCUT2D eigenvalue weighted by Crippen LogP contribution is -2.31. The van der Waals surface area contributed by atoms with E-state index in [9.17, 15) is 19.1 Å². The first kappa shape index (κ1) is 23.2. The zero-order valence-corrected chi connectivity index (χ0v) is 19.3. The fraction of sp³-hybridized carbons (Fsp3) is 0.185. The summed E-state index contributed by atoms with van der Waals surface area (Å²) in [6.07, 6.45) is 5.98. The number of nitrogens with zero attached hydrogens (tertiary/aromatic N) is 3. The number of benzene rings is 2. The molecule has 2 amide bonds. The molecule has 2 aromatic heterocycles. The molecule has 8 nitrogen and oxygen atoms in total. The predicted octanol–water partition coefficient (Wildman–Crippen LogP) is 5.07. The third-order valence-corrected chi connectivity index (χ3v) is 6.31. The molecule has 1 aliphatic rings. The van der Waals surface area contributed by atoms with E-state index >= 15 is 0 Å². The molecule has 2 heterocycles. The molecule has 1 saturated carbocycles. The molecule has 5 rings (SSSR count). The molecule has 1 aliphatic carbocycles. The standard InChI is InChI=1S/C27H24FN5O3/c28-22-7-2-1-4-19(22)16-30-27(36)33-24(17-5-3-6-17)15-23(32-33)21-14-20(8-9-25(21)34)31-26(35)18-10-12-29-13-11-18/h1-2,4,7-15,17,34H,3,5-6,16H2,(H,30,36)(H,31,35). The van der Waals surface area contributed by atoms with Gasteiger partial charge in [0, 0.05) is 47.2 Å². The Morgan fingerprint density at radius 1 is 1.06 bits per heavy atom. The van der Waals surface area contributed by atoms with E-state index in [4.69, 9.17) is 0 Å². The quantitative estimate of drug-likeness (QED) is 0.331. The van der Waals surface area contributed by atoms with E-state index in [0.717, 1.165) is 25.0 Å². The van der Waals surface area contributed by atoms with Crippen molar-refractivity contribution in [2.75, 3.05) is 5.32 Å². The number of carbonyl (C=O) groups excluding carboxylic acids is 2. The maximum atomic E-state index is 14.0. The number of halogens is 1. The summed E-state index contributed by atoms with van der Waals surface area (Å²) in [5.74, 6) is -0.577. The summed E-state index contributed by atoms with van der Waals surface area (Å²) in [6, 6.07) is 15.4. The highest BCUT2D eigenvalue weighted by Crippen LogP contribution is 2.39. The van der Waals surface area contributed by atoms with Crippen LogP contribution in [0.4, 0.5) is 14.9 Å². The maximum absolute atomic E-state index is 14.0. The average Bonchev–Trinajstić information content (AvgIpc) is 3.28. The molecule has 1 fully saturated rings. The second-order valence-electron chi connectivity index (χ2n) is 8.67. The van der Waals surface area contributed by atoms with Crippen LogP contribution in [0.2, 0.25) is 0 Å². The van der Waals surface area contributed by atoms with Crippen LogP contribution >= 0.6 is 0 Å². The molecule has 9 heteroatoms. The van der Waals surface area contributed by atoms with Crippen LogP contribution in [0.3, 0.4) is 0 Å². The Morgan fingerprint density at radius 3 is 2.56 bits per heavy atom. The number of nitrogens with one attached hydrogen (secondary N) is 2. The summed E-state index contributed by atoms with van der Waals surface area (Å²) in [5.41, 5.74) is 2.79. The highest BCUT2D eigenvalue weighted by Gasteiger charge is 2.27. The van der Waals surface area contributed by atoms with Crippen molar-refractivity contribution in [2.24, 2.45) is 0 Å². The second kappa shape index (κ2) is 9.99. The van der Waals surface area contributed by atoms with E-state index in [1.165, 1.54) is 29.2 Å². The van der Waals surface area contributed by atoms with Crippen LogP contribution in [0, 0.1) is 5.82 Å². The van der Waals surface area contributed by atoms with Crippen molar-refractivity contribution in [3.05, 3.63) is 95.7 Å². The first-order chi connectivity index (χ1) is 17.5. The minimum atomic E-state index is -0.479. The molecule has 0 unspecified atom stereocenters. The van der Waals surface area contributed by atoms with Crippen LogP contribution in [-0.2, 0) is 6.54 Å². The summed E-state index contributed by atoms with van der Waals surface area (Å²) >= 11 is 0. The second-order valence-corrected chi connectivity index (χ2v) is 8.67. The fourth-order valence-electron chi connectivity index (χ4n) is 4.10. The summed E-state index contributed by atoms with van der Waals surface area (Å²) < 4.78 is 15.3. The molecule has 182 valence electrons. The van der Waals surface area contributed by atoms with Gasteiger partial charge in [-0.25, -0.2) is 9.18 Å². The number of phenolic OH excluding ortho intramolecular Hbond substituents is 1. The number of pyridine rings is 1. The Hall–Kier alpha value is -4.53. The average molecular weight is 486 g/mol. The summed E-state index contributed by atoms with van der Waals surface area (Å²) in [5, 5.41) is 20.6. The van der Waals surface area contributed by atoms with Crippen LogP contribution in [0.25, 0.3) is 11.3 Å². The topological polar surface area (TPSA) is 109 Å². The van der Waals surface area contributed by atoms with E-state index < -0.39 is 11.8 Å². The third-order valence-electron chi connectivity index (χ3n) is 6.31. The molecule has 0 bridgehead atoms. The van der Waals surface area contributed by atoms with Gasteiger partial charge in [0.05, 0.1) is 11.4 Å². The van der Waals surface area contributed by atoms with Gasteiger partial charge in [-0.15, -0.1) is 0 Å². The fourth-order valence-corrected chi connectivity index (χ4v) is 4.10. The van der Waals surface area contributed by atoms with Gasteiger partial charge < -0.3 is 15.7 Å². The molecule has 2 aromatic carbocycles. The lowest BCUT2D eigenvalue weighted by Gasteiger charge is -2.25. The molecular weight excluding hydrogens is 461 g/mol. The molecule has 3 N–H and O–H groups in total. The van der Waals surface area contributed by atoms with Crippen LogP contribution < -0.4 is 10.6 Å². The normalized spacial score (nSPS) is 13.1. The van der Waals surface area contributed by atoms with E-state index in [1.807, 2.05) is 0 Å². The van der Waals surface area contributed by atoms with Gasteiger partial charge in [0.25, 0.3) is 5.91 Å². The van der Waals surface area contributed by atoms with Gasteiger partial charge >= 0.3 is 6.03 Å². The van der Waals surface area contributed by atoms with Gasteiger partial charge in [-0.3, -0.25) is 9.78 Å². The van der Waals surface area contributed by atoms with Crippen molar-refractivity contribution in [2.45, 2.75) is 31.7 Å². The minimum Gasteiger partial charge on any atom is -0.507 e. The third kappa shape index (κ3) is 4.81. The molecular formula is C27H24FN5O3. The predicted molar refractivity (Wildman–Crippen MR) is 132 cm³/mol. The van der Waals surface area contributed by atoms with E-state index in [-0.39, 0.29) is 24.1 Å². The smallest absolute Gasteiger partial charge is 0.342 e. The van der Waals surface area contributed by atoms with Crippen molar-refractivity contribution >= 4 is 17.6 Å². The Morgan fingerprint density at radius 2 is 1.83 bits per heavy atom. The Balaban J connectivity index is 1.41. The number of hydrogen-bond acceptors (Lipinski definition) is 5. The lowest BCUT2D eigenvalue weighted by molar-refractivity contribution is 0.102. The molecule has 4 aromatic rings. The van der Waals surface area contributed by atoms with Crippen molar-refractivity contribution in [3.8, 4) is 17.0 Å². The summed E-state index contributed by atoms with van der Waals surface area (Å²) in [4.78, 5) is 29.5. The van der Waals surface area contributed by atoms with Crippen LogP contribution in [0.15, 0.2) is 73.1 Å². The molecule has 0 atom stereocenters. The zero-order valence-electron chi connectivity index (χ0n) is 19.3. The van der Waals surface area contributed by atoms with Gasteiger partial charge in [-0.05, 0) is 55.3 Å². The Kier molecular flexibility index (Phi) is 6.44. The first-order valence-electron chi connectivity index (χ1n) is 11.7. The van der Waals surface area contributed by atoms with Crippen LogP contribution in [-0.4, -0.2) is 31.8 Å². The van der Waals surface area contributed by atoms with Crippen molar-refractivity contribution in [1.29, 1.82) is 0 Å². The van der Waals surface area contributed by atoms with E-state index in [0.29, 0.717) is 28.1 Å². The number of hydrogen-bond donors (Lipinski definition) is 3. The number of amides is 2. The SMILES string of the molecule is O=C(Nc1ccc(O)c(-c2cc(C3CCC3)n(C(=O)NCc3ccccc3F)n2)c1)c1ccncc1. The van der Waals surface area contributed by atoms with Gasteiger partial charge in [0.1, 0.15) is 11.6 Å². The van der Waals surface area contributed by atoms with Gasteiger partial charge in [0.2, 0.25) is 0 Å². The number of aromatic nitrogens is 3. The number of aromatic hydroxyl groups is 1. The number of anilines is 1.